The van der Waals surface area contributed by atoms with Gasteiger partial charge in [-0.3, -0.25) is 0 Å². The number of hydrogen-bond acceptors (Lipinski definition) is 19. The summed E-state index contributed by atoms with van der Waals surface area (Å²) >= 11 is 0. The first-order valence-electron chi connectivity index (χ1n) is 17.4. The molecular formula is C36H48O19. The number of hydrogen-bond donors (Lipinski definition) is 9. The van der Waals surface area contributed by atoms with Gasteiger partial charge in [-0.05, 0) is 54.8 Å². The number of rotatable bonds is 15. The molecule has 19 heteroatoms. The smallest absolute Gasteiger partial charge is 0.331 e. The lowest BCUT2D eigenvalue weighted by Gasteiger charge is -2.45. The molecule has 0 aliphatic carbocycles. The van der Waals surface area contributed by atoms with E-state index in [1.165, 1.54) is 51.5 Å². The van der Waals surface area contributed by atoms with Crippen LogP contribution in [-0.4, -0.2) is 172 Å². The summed E-state index contributed by atoms with van der Waals surface area (Å²) in [6.45, 7) is -0.678. The number of aromatic hydroxyl groups is 2. The van der Waals surface area contributed by atoms with Crippen LogP contribution in [0.2, 0.25) is 0 Å². The zero-order valence-electron chi connectivity index (χ0n) is 30.2. The van der Waals surface area contributed by atoms with Gasteiger partial charge in [-0.25, -0.2) is 4.79 Å². The fraction of sp³-hybridized carbons (Fsp3) is 0.583. The van der Waals surface area contributed by atoms with Crippen LogP contribution in [0.3, 0.4) is 0 Å². The Balaban J connectivity index is 1.42. The van der Waals surface area contributed by atoms with Crippen LogP contribution < -0.4 is 9.47 Å². The third-order valence-electron chi connectivity index (χ3n) is 9.50. The van der Waals surface area contributed by atoms with E-state index < -0.39 is 105 Å². The first-order valence-corrected chi connectivity index (χ1v) is 17.4. The van der Waals surface area contributed by atoms with Crippen molar-refractivity contribution >= 4 is 12.0 Å². The number of benzene rings is 2. The summed E-state index contributed by atoms with van der Waals surface area (Å²) in [7, 11) is 2.75. The number of esters is 1. The topological polar surface area (TPSA) is 282 Å². The molecule has 2 aromatic carbocycles. The SMILES string of the molecule is COc1ccc(CCO[C@@H]2O[C@H](CO[C@@H]3O[C@@H](C)[C@H](O)[C@@H](O)[C@H]3O)[C@@H](OC(=O)/C=C/c3ccc(O)c(OC)c3)[C@H](O[C@@H]3OC[C@](O)(CO)[C@H]3O)[C@H]2O)cc1O. The first-order chi connectivity index (χ1) is 26.2. The Bertz CT molecular complexity index is 1610. The zero-order chi connectivity index (χ0) is 40.0. The van der Waals surface area contributed by atoms with E-state index in [-0.39, 0.29) is 36.0 Å². The van der Waals surface area contributed by atoms with Crippen LogP contribution >= 0.6 is 0 Å². The highest BCUT2D eigenvalue weighted by molar-refractivity contribution is 5.87. The highest BCUT2D eigenvalue weighted by Crippen LogP contribution is 2.34. The van der Waals surface area contributed by atoms with Crippen LogP contribution in [0.4, 0.5) is 0 Å². The number of methoxy groups -OCH3 is 2. The third-order valence-corrected chi connectivity index (χ3v) is 9.50. The van der Waals surface area contributed by atoms with Crippen molar-refractivity contribution in [2.45, 2.75) is 92.8 Å². The molecule has 2 aromatic rings. The van der Waals surface area contributed by atoms with E-state index in [0.29, 0.717) is 11.1 Å². The monoisotopic (exact) mass is 784 g/mol. The summed E-state index contributed by atoms with van der Waals surface area (Å²) < 4.78 is 50.6. The van der Waals surface area contributed by atoms with Gasteiger partial charge in [0.1, 0.15) is 48.3 Å². The molecule has 0 saturated carbocycles. The van der Waals surface area contributed by atoms with Crippen molar-refractivity contribution in [3.8, 4) is 23.0 Å². The van der Waals surface area contributed by atoms with Gasteiger partial charge in [0.15, 0.2) is 48.0 Å². The third kappa shape index (κ3) is 9.84. The van der Waals surface area contributed by atoms with Crippen molar-refractivity contribution < 1.29 is 93.4 Å². The second-order valence-electron chi connectivity index (χ2n) is 13.3. The number of carbonyl (C=O) groups is 1. The van der Waals surface area contributed by atoms with Gasteiger partial charge in [-0.2, -0.15) is 0 Å². The molecule has 9 N–H and O–H groups in total. The maximum atomic E-state index is 13.4. The Morgan fingerprint density at radius 3 is 2.25 bits per heavy atom. The van der Waals surface area contributed by atoms with E-state index in [4.69, 9.17) is 42.6 Å². The van der Waals surface area contributed by atoms with Crippen molar-refractivity contribution in [3.05, 3.63) is 53.6 Å². The normalized spacial score (nSPS) is 35.2. The lowest BCUT2D eigenvalue weighted by atomic mass is 9.97. The molecule has 3 fully saturated rings. The summed E-state index contributed by atoms with van der Waals surface area (Å²) in [5, 5.41) is 93.9. The van der Waals surface area contributed by atoms with Crippen molar-refractivity contribution in [3.63, 3.8) is 0 Å². The minimum atomic E-state index is -2.13. The Morgan fingerprint density at radius 1 is 0.855 bits per heavy atom. The molecule has 3 aliphatic rings. The molecule has 3 saturated heterocycles. The van der Waals surface area contributed by atoms with Crippen molar-refractivity contribution in [2.75, 3.05) is 40.6 Å². The fourth-order valence-corrected chi connectivity index (χ4v) is 6.19. The van der Waals surface area contributed by atoms with E-state index in [1.807, 2.05) is 0 Å². The molecule has 0 radical (unpaired) electrons. The summed E-state index contributed by atoms with van der Waals surface area (Å²) in [5.74, 6) is -0.849. The van der Waals surface area contributed by atoms with Crippen molar-refractivity contribution in [2.24, 2.45) is 0 Å². The number of aliphatic hydroxyl groups is 7. The predicted molar refractivity (Wildman–Crippen MR) is 184 cm³/mol. The molecule has 3 aliphatic heterocycles. The second-order valence-corrected chi connectivity index (χ2v) is 13.3. The molecule has 55 heavy (non-hydrogen) atoms. The van der Waals surface area contributed by atoms with Gasteiger partial charge in [0.2, 0.25) is 0 Å². The van der Waals surface area contributed by atoms with Crippen molar-refractivity contribution in [1.82, 2.24) is 0 Å². The second kappa shape index (κ2) is 18.5. The number of phenolic OH excluding ortho intramolecular Hbond substituents is 2. The molecule has 13 atom stereocenters. The van der Waals surface area contributed by atoms with Gasteiger partial charge < -0.3 is 88.6 Å². The van der Waals surface area contributed by atoms with Gasteiger partial charge in [0.25, 0.3) is 0 Å². The molecule has 0 amide bonds. The standard InChI is InChI=1S/C36H48O19/c1-17-26(41)27(42)28(43)33(52-17)50-14-24-30(54-25(40)9-6-18-4-7-20(38)23(13-18)48-3)31(55-35-32(45)36(46,15-37)16-51-35)29(44)34(53-24)49-11-10-19-5-8-22(47-2)21(39)12-19/h4-9,12-13,17,24,26-35,37-39,41-46H,10-11,14-16H2,1-3H3/b9-6+/t17-,24+,26-,27+,28+,29+,30+,31+,32-,33+,34+,35-,36+/m0/s1. The van der Waals surface area contributed by atoms with Crippen LogP contribution in [0.1, 0.15) is 18.1 Å². The Labute approximate surface area is 315 Å². The van der Waals surface area contributed by atoms with E-state index >= 15 is 0 Å². The van der Waals surface area contributed by atoms with Gasteiger partial charge in [0, 0.05) is 6.08 Å². The van der Waals surface area contributed by atoms with Crippen LogP contribution in [-0.2, 0) is 44.4 Å². The lowest BCUT2D eigenvalue weighted by Crippen LogP contribution is -2.63. The average Bonchev–Trinajstić information content (AvgIpc) is 3.46. The molecule has 3 heterocycles. The minimum Gasteiger partial charge on any atom is -0.504 e. The molecule has 306 valence electrons. The Hall–Kier alpha value is -3.67. The van der Waals surface area contributed by atoms with Gasteiger partial charge in [-0.15, -0.1) is 0 Å². The van der Waals surface area contributed by atoms with E-state index in [0.717, 1.165) is 6.08 Å². The highest BCUT2D eigenvalue weighted by atomic mass is 16.8. The molecule has 19 nitrogen and oxygen atoms in total. The zero-order valence-corrected chi connectivity index (χ0v) is 30.2. The van der Waals surface area contributed by atoms with Crippen LogP contribution in [0, 0.1) is 0 Å². The van der Waals surface area contributed by atoms with E-state index in [2.05, 4.69) is 0 Å². The fourth-order valence-electron chi connectivity index (χ4n) is 6.19. The molecular weight excluding hydrogens is 736 g/mol. The van der Waals surface area contributed by atoms with Crippen LogP contribution in [0.15, 0.2) is 42.5 Å². The van der Waals surface area contributed by atoms with Gasteiger partial charge in [0.05, 0.1) is 46.8 Å². The van der Waals surface area contributed by atoms with Crippen LogP contribution in [0.25, 0.3) is 6.08 Å². The number of phenols is 2. The molecule has 0 aromatic heterocycles. The number of aliphatic hydroxyl groups excluding tert-OH is 6. The molecule has 0 bridgehead atoms. The highest BCUT2D eigenvalue weighted by Gasteiger charge is 2.55. The lowest BCUT2D eigenvalue weighted by molar-refractivity contribution is -0.344. The number of ether oxygens (including phenoxy) is 9. The average molecular weight is 785 g/mol. The largest absolute Gasteiger partial charge is 0.504 e. The molecule has 0 spiro atoms. The molecule has 0 unspecified atom stereocenters. The van der Waals surface area contributed by atoms with E-state index in [9.17, 15) is 50.8 Å². The van der Waals surface area contributed by atoms with Crippen molar-refractivity contribution in [1.29, 1.82) is 0 Å². The predicted octanol–water partition coefficient (Wildman–Crippen LogP) is -1.94. The Morgan fingerprint density at radius 2 is 1.58 bits per heavy atom. The van der Waals surface area contributed by atoms with Gasteiger partial charge in [-0.1, -0.05) is 12.1 Å². The summed E-state index contributed by atoms with van der Waals surface area (Å²) in [6.07, 6.45) is -16.2. The maximum Gasteiger partial charge on any atom is 0.331 e. The van der Waals surface area contributed by atoms with Gasteiger partial charge >= 0.3 is 5.97 Å². The van der Waals surface area contributed by atoms with E-state index in [1.54, 1.807) is 12.1 Å². The first kappa shape index (κ1) is 42.5. The maximum absolute atomic E-state index is 13.4. The quantitative estimate of drug-likeness (QED) is 0.0701. The minimum absolute atomic E-state index is 0.101. The summed E-state index contributed by atoms with van der Waals surface area (Å²) in [4.78, 5) is 13.4. The van der Waals surface area contributed by atoms with Crippen LogP contribution in [0.5, 0.6) is 23.0 Å². The number of carbonyl (C=O) groups excluding carboxylic acids is 1. The summed E-state index contributed by atoms with van der Waals surface area (Å²) in [5.41, 5.74) is -1.06. The Kier molecular flexibility index (Phi) is 14.3. The summed E-state index contributed by atoms with van der Waals surface area (Å²) in [6, 6.07) is 9.00. The molecule has 5 rings (SSSR count).